The highest BCUT2D eigenvalue weighted by atomic mass is 32.1. The second-order valence-electron chi connectivity index (χ2n) is 1.59. The molecule has 7 heteroatoms. The Labute approximate surface area is 61.6 Å². The number of anilines is 2. The van der Waals surface area contributed by atoms with Gasteiger partial charge in [-0.15, -0.1) is 0 Å². The molecule has 6 nitrogen and oxygen atoms in total. The van der Waals surface area contributed by atoms with Crippen LogP contribution in [0.25, 0.3) is 0 Å². The molecule has 1 rings (SSSR count). The number of rotatable bonds is 0. The molecule has 54 valence electrons. The lowest BCUT2D eigenvalue weighted by Crippen LogP contribution is -2.19. The molecule has 0 atom stereocenters. The summed E-state index contributed by atoms with van der Waals surface area (Å²) in [6.07, 6.45) is 0. The number of nitrogens with zero attached hydrogens (tertiary/aromatic N) is 3. The highest BCUT2D eigenvalue weighted by Crippen LogP contribution is 1.95. The van der Waals surface area contributed by atoms with Crippen molar-refractivity contribution in [2.75, 3.05) is 17.3 Å². The largest absolute Gasteiger partial charge is 0.368 e. The molecular weight excluding hydrogens is 152 g/mol. The van der Waals surface area contributed by atoms with Gasteiger partial charge < -0.3 is 17.3 Å². The van der Waals surface area contributed by atoms with Gasteiger partial charge in [-0.05, 0) is 12.2 Å². The SMILES string of the molecule is Nc1nc(N)n(N)c(=S)n1. The van der Waals surface area contributed by atoms with E-state index in [-0.39, 0.29) is 16.7 Å². The molecule has 1 heterocycles. The molecule has 0 aliphatic rings. The summed E-state index contributed by atoms with van der Waals surface area (Å²) in [7, 11) is 0. The molecule has 1 aromatic rings. The molecule has 0 aliphatic carbocycles. The molecule has 10 heavy (non-hydrogen) atoms. The van der Waals surface area contributed by atoms with Crippen molar-refractivity contribution >= 4 is 24.1 Å². The Hall–Kier alpha value is -1.37. The van der Waals surface area contributed by atoms with Crippen molar-refractivity contribution in [3.05, 3.63) is 4.77 Å². The van der Waals surface area contributed by atoms with Gasteiger partial charge in [0.2, 0.25) is 16.7 Å². The van der Waals surface area contributed by atoms with Gasteiger partial charge in [-0.1, -0.05) is 0 Å². The van der Waals surface area contributed by atoms with Crippen LogP contribution in [0.4, 0.5) is 11.9 Å². The topological polar surface area (TPSA) is 109 Å². The Kier molecular flexibility index (Phi) is 1.42. The van der Waals surface area contributed by atoms with E-state index in [1.807, 2.05) is 0 Å². The third-order valence-corrected chi connectivity index (χ3v) is 1.18. The van der Waals surface area contributed by atoms with Crippen LogP contribution < -0.4 is 17.3 Å². The smallest absolute Gasteiger partial charge is 0.226 e. The summed E-state index contributed by atoms with van der Waals surface area (Å²) in [6, 6.07) is 0. The minimum Gasteiger partial charge on any atom is -0.368 e. The van der Waals surface area contributed by atoms with Crippen LogP contribution in [0.1, 0.15) is 0 Å². The van der Waals surface area contributed by atoms with E-state index in [2.05, 4.69) is 22.2 Å². The number of hydrogen-bond acceptors (Lipinski definition) is 6. The van der Waals surface area contributed by atoms with Crippen LogP contribution in [0.15, 0.2) is 0 Å². The van der Waals surface area contributed by atoms with E-state index in [0.717, 1.165) is 4.68 Å². The van der Waals surface area contributed by atoms with Gasteiger partial charge in [0, 0.05) is 0 Å². The molecule has 0 fully saturated rings. The van der Waals surface area contributed by atoms with Gasteiger partial charge in [-0.2, -0.15) is 9.97 Å². The molecule has 0 saturated carbocycles. The van der Waals surface area contributed by atoms with Crippen molar-refractivity contribution in [3.63, 3.8) is 0 Å². The zero-order chi connectivity index (χ0) is 7.72. The molecule has 0 unspecified atom stereocenters. The first-order valence-corrected chi connectivity index (χ1v) is 2.79. The first-order chi connectivity index (χ1) is 4.61. The van der Waals surface area contributed by atoms with Gasteiger partial charge in [0.1, 0.15) is 0 Å². The van der Waals surface area contributed by atoms with Crippen molar-refractivity contribution < 1.29 is 0 Å². The first kappa shape index (κ1) is 6.75. The van der Waals surface area contributed by atoms with Gasteiger partial charge in [-0.3, -0.25) is 0 Å². The number of nitrogens with two attached hydrogens (primary N) is 3. The van der Waals surface area contributed by atoms with Gasteiger partial charge in [0.15, 0.2) is 0 Å². The van der Waals surface area contributed by atoms with E-state index in [4.69, 9.17) is 17.3 Å². The maximum atomic E-state index is 5.26. The molecule has 0 saturated heterocycles. The average molecular weight is 158 g/mol. The number of aromatic nitrogens is 3. The summed E-state index contributed by atoms with van der Waals surface area (Å²) in [4.78, 5) is 7.12. The van der Waals surface area contributed by atoms with Crippen LogP contribution in [-0.2, 0) is 0 Å². The van der Waals surface area contributed by atoms with Gasteiger partial charge in [0.05, 0.1) is 0 Å². The summed E-state index contributed by atoms with van der Waals surface area (Å²) in [5.41, 5.74) is 10.5. The lowest BCUT2D eigenvalue weighted by Gasteiger charge is -2.00. The molecule has 0 aromatic carbocycles. The predicted octanol–water partition coefficient (Wildman–Crippen LogP) is -1.11. The first-order valence-electron chi connectivity index (χ1n) is 2.38. The zero-order valence-corrected chi connectivity index (χ0v) is 5.80. The second-order valence-corrected chi connectivity index (χ2v) is 1.96. The maximum absolute atomic E-state index is 5.26. The minimum absolute atomic E-state index is 0.0317. The summed E-state index contributed by atoms with van der Waals surface area (Å²) in [5.74, 6) is 5.34. The third-order valence-electron chi connectivity index (χ3n) is 0.892. The van der Waals surface area contributed by atoms with Crippen molar-refractivity contribution in [1.29, 1.82) is 0 Å². The predicted molar refractivity (Wildman–Crippen MR) is 39.8 cm³/mol. The molecule has 0 aliphatic heterocycles. The molecule has 0 amide bonds. The molecule has 6 N–H and O–H groups in total. The van der Waals surface area contributed by atoms with Gasteiger partial charge in [0.25, 0.3) is 0 Å². The van der Waals surface area contributed by atoms with Crippen LogP contribution in [-0.4, -0.2) is 14.6 Å². The molecule has 0 spiro atoms. The lowest BCUT2D eigenvalue weighted by molar-refractivity contribution is 0.882. The van der Waals surface area contributed by atoms with E-state index in [0.29, 0.717) is 0 Å². The highest BCUT2D eigenvalue weighted by Gasteiger charge is 1.96. The van der Waals surface area contributed by atoms with Crippen molar-refractivity contribution in [2.24, 2.45) is 0 Å². The Morgan fingerprint density at radius 2 is 1.90 bits per heavy atom. The fourth-order valence-electron chi connectivity index (χ4n) is 0.446. The van der Waals surface area contributed by atoms with Crippen LogP contribution in [0.5, 0.6) is 0 Å². The summed E-state index contributed by atoms with van der Waals surface area (Å²) >= 11 is 4.66. The summed E-state index contributed by atoms with van der Waals surface area (Å²) < 4.78 is 1.09. The molecule has 1 aromatic heterocycles. The maximum Gasteiger partial charge on any atom is 0.226 e. The lowest BCUT2D eigenvalue weighted by atomic mass is 10.9. The van der Waals surface area contributed by atoms with Crippen molar-refractivity contribution in [1.82, 2.24) is 14.6 Å². The third kappa shape index (κ3) is 0.982. The Morgan fingerprint density at radius 3 is 2.40 bits per heavy atom. The van der Waals surface area contributed by atoms with Crippen LogP contribution >= 0.6 is 12.2 Å². The summed E-state index contributed by atoms with van der Waals surface area (Å²) in [6.45, 7) is 0. The Bertz CT molecular complexity index is 302. The fraction of sp³-hybridized carbons (Fsp3) is 0. The number of hydrogen-bond donors (Lipinski definition) is 3. The van der Waals surface area contributed by atoms with Gasteiger partial charge in [-0.25, -0.2) is 4.68 Å². The van der Waals surface area contributed by atoms with E-state index in [1.54, 1.807) is 0 Å². The molecular formula is C3H6N6S. The quantitative estimate of drug-likeness (QED) is 0.326. The monoisotopic (exact) mass is 158 g/mol. The van der Waals surface area contributed by atoms with E-state index < -0.39 is 0 Å². The van der Waals surface area contributed by atoms with Crippen LogP contribution in [0, 0.1) is 4.77 Å². The van der Waals surface area contributed by atoms with Crippen LogP contribution in [0.3, 0.4) is 0 Å². The molecule has 0 radical (unpaired) electrons. The molecule has 0 bridgehead atoms. The van der Waals surface area contributed by atoms with Crippen molar-refractivity contribution in [2.45, 2.75) is 0 Å². The highest BCUT2D eigenvalue weighted by molar-refractivity contribution is 7.71. The minimum atomic E-state index is 0.0317. The fourth-order valence-corrected chi connectivity index (χ4v) is 0.633. The van der Waals surface area contributed by atoms with E-state index in [1.165, 1.54) is 0 Å². The van der Waals surface area contributed by atoms with E-state index >= 15 is 0 Å². The van der Waals surface area contributed by atoms with Crippen LogP contribution in [0.2, 0.25) is 0 Å². The van der Waals surface area contributed by atoms with E-state index in [9.17, 15) is 0 Å². The number of nitrogen functional groups attached to an aromatic ring is 3. The van der Waals surface area contributed by atoms with Crippen molar-refractivity contribution in [3.8, 4) is 0 Å². The Balaban J connectivity index is 3.46. The zero-order valence-electron chi connectivity index (χ0n) is 4.98. The second kappa shape index (κ2) is 2.10. The average Bonchev–Trinajstić information content (AvgIpc) is 1.82. The Morgan fingerprint density at radius 1 is 1.30 bits per heavy atom. The van der Waals surface area contributed by atoms with Gasteiger partial charge >= 0.3 is 0 Å². The normalized spacial score (nSPS) is 9.60. The summed E-state index contributed by atoms with van der Waals surface area (Å²) in [5, 5.41) is 0. The standard InChI is InChI=1S/C3H6N6S/c4-1-7-2(5)9(6)3(10)8-1/h6H2,(H4,4,5,7,8,10).